The first-order chi connectivity index (χ1) is 6.77. The molecule has 3 aromatic rings. The predicted molar refractivity (Wildman–Crippen MR) is 57.8 cm³/mol. The fraction of sp³-hybridized carbons (Fsp3) is 0.200. The van der Waals surface area contributed by atoms with Crippen LogP contribution in [0.2, 0.25) is 0 Å². The molecule has 3 rings (SSSR count). The molecule has 3 nitrogen and oxygen atoms in total. The number of aromatic nitrogens is 3. The van der Waals surface area contributed by atoms with Gasteiger partial charge in [0.2, 0.25) is 4.96 Å². The van der Waals surface area contributed by atoms with Crippen molar-refractivity contribution in [2.45, 2.75) is 13.8 Å². The Bertz CT molecular complexity index is 621. The van der Waals surface area contributed by atoms with Gasteiger partial charge in [-0.15, -0.1) is 10.2 Å². The van der Waals surface area contributed by atoms with Gasteiger partial charge < -0.3 is 0 Å². The molecule has 0 N–H and O–H groups in total. The number of fused-ring (bicyclic) bond motifs is 3. The van der Waals surface area contributed by atoms with Crippen LogP contribution in [-0.4, -0.2) is 14.6 Å². The van der Waals surface area contributed by atoms with Crippen LogP contribution in [-0.2, 0) is 0 Å². The molecule has 0 aliphatic rings. The quantitative estimate of drug-likeness (QED) is 0.562. The van der Waals surface area contributed by atoms with E-state index in [1.807, 2.05) is 0 Å². The first-order valence-electron chi connectivity index (χ1n) is 4.46. The molecule has 0 unspecified atom stereocenters. The summed E-state index contributed by atoms with van der Waals surface area (Å²) in [6, 6.07) is 4.30. The highest BCUT2D eigenvalue weighted by Crippen LogP contribution is 2.28. The van der Waals surface area contributed by atoms with Crippen molar-refractivity contribution in [3.8, 4) is 0 Å². The molecule has 2 heterocycles. The standard InChI is InChI=1S/C10H9N3S/c1-6-3-4-8-9(7(6)2)13-5-11-12-10(13)14-8/h3-5H,1-2H3. The monoisotopic (exact) mass is 203 g/mol. The van der Waals surface area contributed by atoms with E-state index in [9.17, 15) is 0 Å². The van der Waals surface area contributed by atoms with Crippen molar-refractivity contribution in [1.29, 1.82) is 0 Å². The van der Waals surface area contributed by atoms with Gasteiger partial charge in [-0.3, -0.25) is 4.40 Å². The minimum absolute atomic E-state index is 0.966. The number of rotatable bonds is 0. The minimum atomic E-state index is 0.966. The third-order valence-corrected chi connectivity index (χ3v) is 3.63. The Morgan fingerprint density at radius 2 is 2.14 bits per heavy atom. The highest BCUT2D eigenvalue weighted by molar-refractivity contribution is 7.23. The van der Waals surface area contributed by atoms with E-state index >= 15 is 0 Å². The van der Waals surface area contributed by atoms with E-state index in [4.69, 9.17) is 0 Å². The molecule has 0 fully saturated rings. The lowest BCUT2D eigenvalue weighted by molar-refractivity contribution is 1.11. The van der Waals surface area contributed by atoms with Crippen molar-refractivity contribution in [3.05, 3.63) is 29.6 Å². The zero-order valence-electron chi connectivity index (χ0n) is 7.98. The fourth-order valence-corrected chi connectivity index (χ4v) is 2.71. The van der Waals surface area contributed by atoms with Crippen molar-refractivity contribution in [2.24, 2.45) is 0 Å². The lowest BCUT2D eigenvalue weighted by atomic mass is 10.1. The Morgan fingerprint density at radius 1 is 1.29 bits per heavy atom. The summed E-state index contributed by atoms with van der Waals surface area (Å²) in [6.45, 7) is 4.27. The topological polar surface area (TPSA) is 30.2 Å². The lowest BCUT2D eigenvalue weighted by Gasteiger charge is -2.00. The van der Waals surface area contributed by atoms with E-state index < -0.39 is 0 Å². The normalized spacial score (nSPS) is 11.6. The van der Waals surface area contributed by atoms with Gasteiger partial charge in [0.05, 0.1) is 10.2 Å². The molecule has 14 heavy (non-hydrogen) atoms. The van der Waals surface area contributed by atoms with E-state index in [2.05, 4.69) is 40.6 Å². The molecule has 0 saturated carbocycles. The van der Waals surface area contributed by atoms with E-state index in [1.165, 1.54) is 21.3 Å². The summed E-state index contributed by atoms with van der Waals surface area (Å²) in [4.78, 5) is 0.966. The third-order valence-electron chi connectivity index (χ3n) is 2.62. The zero-order chi connectivity index (χ0) is 9.71. The SMILES string of the molecule is Cc1ccc2sc3nncn3c2c1C. The van der Waals surface area contributed by atoms with Crippen LogP contribution in [0, 0.1) is 13.8 Å². The maximum absolute atomic E-state index is 4.06. The summed E-state index contributed by atoms with van der Waals surface area (Å²) >= 11 is 1.68. The summed E-state index contributed by atoms with van der Waals surface area (Å²) < 4.78 is 3.33. The largest absolute Gasteiger partial charge is 0.272 e. The van der Waals surface area contributed by atoms with Crippen molar-refractivity contribution in [3.63, 3.8) is 0 Å². The maximum atomic E-state index is 4.06. The number of aryl methyl sites for hydroxylation is 2. The summed E-state index contributed by atoms with van der Waals surface area (Å²) in [5, 5.41) is 7.96. The van der Waals surface area contributed by atoms with E-state index in [0.29, 0.717) is 0 Å². The van der Waals surface area contributed by atoms with Gasteiger partial charge in [-0.05, 0) is 31.0 Å². The molecule has 4 heteroatoms. The molecule has 70 valence electrons. The number of benzene rings is 1. The van der Waals surface area contributed by atoms with Crippen LogP contribution in [0.4, 0.5) is 0 Å². The van der Waals surface area contributed by atoms with Crippen molar-refractivity contribution < 1.29 is 0 Å². The number of nitrogens with zero attached hydrogens (tertiary/aromatic N) is 3. The van der Waals surface area contributed by atoms with Crippen LogP contribution in [0.25, 0.3) is 15.2 Å². The average molecular weight is 203 g/mol. The van der Waals surface area contributed by atoms with Gasteiger partial charge >= 0.3 is 0 Å². The van der Waals surface area contributed by atoms with E-state index in [0.717, 1.165) is 4.96 Å². The van der Waals surface area contributed by atoms with Crippen LogP contribution >= 0.6 is 11.3 Å². The molecule has 2 aromatic heterocycles. The molecule has 0 radical (unpaired) electrons. The first-order valence-corrected chi connectivity index (χ1v) is 5.27. The predicted octanol–water partition coefficient (Wildman–Crippen LogP) is 2.56. The zero-order valence-corrected chi connectivity index (χ0v) is 8.80. The second-order valence-electron chi connectivity index (χ2n) is 3.44. The van der Waals surface area contributed by atoms with Crippen molar-refractivity contribution in [1.82, 2.24) is 14.6 Å². The second kappa shape index (κ2) is 2.54. The molecule has 0 amide bonds. The van der Waals surface area contributed by atoms with Gasteiger partial charge in [0.15, 0.2) is 0 Å². The lowest BCUT2D eigenvalue weighted by Crippen LogP contribution is -1.85. The molecule has 1 aromatic carbocycles. The highest BCUT2D eigenvalue weighted by Gasteiger charge is 2.08. The second-order valence-corrected chi connectivity index (χ2v) is 4.45. The van der Waals surface area contributed by atoms with Gasteiger partial charge in [-0.2, -0.15) is 0 Å². The molecule has 0 aliphatic heterocycles. The molecular weight excluding hydrogens is 194 g/mol. The van der Waals surface area contributed by atoms with Crippen molar-refractivity contribution in [2.75, 3.05) is 0 Å². The molecule has 0 aliphatic carbocycles. The average Bonchev–Trinajstić information content (AvgIpc) is 2.70. The van der Waals surface area contributed by atoms with E-state index in [-0.39, 0.29) is 0 Å². The number of thiazole rings is 1. The van der Waals surface area contributed by atoms with E-state index in [1.54, 1.807) is 17.7 Å². The van der Waals surface area contributed by atoms with Crippen LogP contribution in [0.1, 0.15) is 11.1 Å². The van der Waals surface area contributed by atoms with Gasteiger partial charge in [-0.25, -0.2) is 0 Å². The van der Waals surface area contributed by atoms with Crippen LogP contribution in [0.3, 0.4) is 0 Å². The molecule has 0 bridgehead atoms. The van der Waals surface area contributed by atoms with Gasteiger partial charge in [-0.1, -0.05) is 17.4 Å². The molecule has 0 saturated heterocycles. The van der Waals surface area contributed by atoms with Gasteiger partial charge in [0.25, 0.3) is 0 Å². The molecule has 0 atom stereocenters. The minimum Gasteiger partial charge on any atom is -0.272 e. The summed E-state index contributed by atoms with van der Waals surface area (Å²) in [6.07, 6.45) is 1.78. The fourth-order valence-electron chi connectivity index (χ4n) is 1.70. The summed E-state index contributed by atoms with van der Waals surface area (Å²) in [7, 11) is 0. The molecule has 0 spiro atoms. The van der Waals surface area contributed by atoms with Crippen LogP contribution in [0.5, 0.6) is 0 Å². The van der Waals surface area contributed by atoms with Crippen LogP contribution < -0.4 is 0 Å². The molecular formula is C10H9N3S. The van der Waals surface area contributed by atoms with Gasteiger partial charge in [0, 0.05) is 0 Å². The Kier molecular flexibility index (Phi) is 1.44. The Balaban J connectivity index is 2.65. The van der Waals surface area contributed by atoms with Crippen LogP contribution in [0.15, 0.2) is 18.5 Å². The number of hydrogen-bond acceptors (Lipinski definition) is 3. The highest BCUT2D eigenvalue weighted by atomic mass is 32.1. The summed E-state index contributed by atoms with van der Waals surface area (Å²) in [5.74, 6) is 0. The number of hydrogen-bond donors (Lipinski definition) is 0. The third kappa shape index (κ3) is 0.861. The summed E-state index contributed by atoms with van der Waals surface area (Å²) in [5.41, 5.74) is 3.87. The van der Waals surface area contributed by atoms with Gasteiger partial charge in [0.1, 0.15) is 6.33 Å². The van der Waals surface area contributed by atoms with Crippen molar-refractivity contribution >= 4 is 26.5 Å². The Morgan fingerprint density at radius 3 is 3.00 bits per heavy atom. The maximum Gasteiger partial charge on any atom is 0.217 e. The Labute approximate surface area is 85.0 Å². The Hall–Kier alpha value is -1.42. The smallest absolute Gasteiger partial charge is 0.217 e. The first kappa shape index (κ1) is 7.94.